The highest BCUT2D eigenvalue weighted by Gasteiger charge is 2.10. The molecule has 1 rings (SSSR count). The fraction of sp³-hybridized carbons (Fsp3) is 0.222. The van der Waals surface area contributed by atoms with Gasteiger partial charge in [-0.15, -0.1) is 0 Å². The molecule has 0 amide bonds. The molecule has 4 heteroatoms. The Morgan fingerprint density at radius 1 is 1.54 bits per heavy atom. The van der Waals surface area contributed by atoms with Crippen LogP contribution < -0.4 is 0 Å². The Balaban J connectivity index is 3.02. The SMILES string of the molecule is O=CCCc1c(O)ccc(Br)c1F. The van der Waals surface area contributed by atoms with Gasteiger partial charge in [-0.05, 0) is 34.5 Å². The molecule has 0 aliphatic rings. The van der Waals surface area contributed by atoms with E-state index in [-0.39, 0.29) is 24.2 Å². The average molecular weight is 247 g/mol. The standard InChI is InChI=1S/C9H8BrFO2/c10-7-3-4-8(13)6(9(7)11)2-1-5-12/h3-5,13H,1-2H2. The van der Waals surface area contributed by atoms with Crippen LogP contribution >= 0.6 is 15.9 Å². The Morgan fingerprint density at radius 2 is 2.23 bits per heavy atom. The van der Waals surface area contributed by atoms with Gasteiger partial charge in [0.15, 0.2) is 0 Å². The normalized spacial score (nSPS) is 10.0. The zero-order chi connectivity index (χ0) is 9.84. The fourth-order valence-corrected chi connectivity index (χ4v) is 1.39. The molecule has 2 nitrogen and oxygen atoms in total. The molecule has 0 aliphatic heterocycles. The van der Waals surface area contributed by atoms with Crippen LogP contribution in [0.4, 0.5) is 4.39 Å². The number of rotatable bonds is 3. The predicted octanol–water partition coefficient (Wildman–Crippen LogP) is 2.43. The van der Waals surface area contributed by atoms with Gasteiger partial charge in [0.05, 0.1) is 4.47 Å². The third-order valence-electron chi connectivity index (χ3n) is 1.68. The molecule has 0 fully saturated rings. The third kappa shape index (κ3) is 2.28. The number of carbonyl (C=O) groups is 1. The van der Waals surface area contributed by atoms with Crippen molar-refractivity contribution in [3.63, 3.8) is 0 Å². The van der Waals surface area contributed by atoms with Gasteiger partial charge in [0.25, 0.3) is 0 Å². The van der Waals surface area contributed by atoms with Gasteiger partial charge in [0.2, 0.25) is 0 Å². The van der Waals surface area contributed by atoms with E-state index in [9.17, 15) is 14.3 Å². The average Bonchev–Trinajstić information content (AvgIpc) is 2.12. The molecular weight excluding hydrogens is 239 g/mol. The maximum Gasteiger partial charge on any atom is 0.144 e. The molecule has 1 N–H and O–H groups in total. The maximum atomic E-state index is 13.3. The molecule has 0 spiro atoms. The first-order valence-corrected chi connectivity index (χ1v) is 4.55. The van der Waals surface area contributed by atoms with Crippen LogP contribution in [0.5, 0.6) is 5.75 Å². The lowest BCUT2D eigenvalue weighted by Crippen LogP contribution is -1.93. The Bertz CT molecular complexity index is 326. The lowest BCUT2D eigenvalue weighted by Gasteiger charge is -2.04. The molecule has 0 radical (unpaired) electrons. The molecule has 1 aromatic carbocycles. The minimum atomic E-state index is -0.498. The number of phenolic OH excluding ortho intramolecular Hbond substituents is 1. The molecule has 0 atom stereocenters. The lowest BCUT2D eigenvalue weighted by molar-refractivity contribution is -0.107. The van der Waals surface area contributed by atoms with Gasteiger partial charge >= 0.3 is 0 Å². The molecule has 0 aliphatic carbocycles. The van der Waals surface area contributed by atoms with Crippen LogP contribution in [0, 0.1) is 5.82 Å². The van der Waals surface area contributed by atoms with Gasteiger partial charge in [0.1, 0.15) is 17.9 Å². The van der Waals surface area contributed by atoms with Crippen LogP contribution in [0.15, 0.2) is 16.6 Å². The van der Waals surface area contributed by atoms with E-state index in [1.165, 1.54) is 12.1 Å². The lowest BCUT2D eigenvalue weighted by atomic mass is 10.1. The minimum absolute atomic E-state index is 0.109. The summed E-state index contributed by atoms with van der Waals surface area (Å²) in [6, 6.07) is 2.82. The molecule has 0 saturated heterocycles. The van der Waals surface area contributed by atoms with Crippen LogP contribution in [-0.4, -0.2) is 11.4 Å². The highest BCUT2D eigenvalue weighted by atomic mass is 79.9. The van der Waals surface area contributed by atoms with Gasteiger partial charge in [-0.3, -0.25) is 0 Å². The monoisotopic (exact) mass is 246 g/mol. The number of benzene rings is 1. The summed E-state index contributed by atoms with van der Waals surface area (Å²) >= 11 is 3.00. The minimum Gasteiger partial charge on any atom is -0.508 e. The zero-order valence-electron chi connectivity index (χ0n) is 6.76. The van der Waals surface area contributed by atoms with E-state index in [0.29, 0.717) is 10.8 Å². The summed E-state index contributed by atoms with van der Waals surface area (Å²) in [4.78, 5) is 10.1. The van der Waals surface area contributed by atoms with E-state index < -0.39 is 5.82 Å². The number of hydrogen-bond acceptors (Lipinski definition) is 2. The number of hydrogen-bond donors (Lipinski definition) is 1. The smallest absolute Gasteiger partial charge is 0.144 e. The first kappa shape index (κ1) is 10.2. The van der Waals surface area contributed by atoms with Gasteiger partial charge in [-0.2, -0.15) is 0 Å². The van der Waals surface area contributed by atoms with E-state index in [0.717, 1.165) is 0 Å². The van der Waals surface area contributed by atoms with Crippen LogP contribution in [0.25, 0.3) is 0 Å². The summed E-state index contributed by atoms with van der Waals surface area (Å²) in [6.45, 7) is 0. The van der Waals surface area contributed by atoms with Gasteiger partial charge in [-0.1, -0.05) is 0 Å². The van der Waals surface area contributed by atoms with Crippen molar-refractivity contribution in [2.75, 3.05) is 0 Å². The Morgan fingerprint density at radius 3 is 2.85 bits per heavy atom. The topological polar surface area (TPSA) is 37.3 Å². The Kier molecular flexibility index (Phi) is 3.42. The molecule has 0 heterocycles. The summed E-state index contributed by atoms with van der Waals surface area (Å²) < 4.78 is 13.6. The van der Waals surface area contributed by atoms with E-state index in [1.807, 2.05) is 0 Å². The van der Waals surface area contributed by atoms with E-state index >= 15 is 0 Å². The molecule has 1 aromatic rings. The highest BCUT2D eigenvalue weighted by molar-refractivity contribution is 9.10. The first-order valence-electron chi connectivity index (χ1n) is 3.76. The summed E-state index contributed by atoms with van der Waals surface area (Å²) in [6.07, 6.45) is 1.13. The number of carbonyl (C=O) groups excluding carboxylic acids is 1. The van der Waals surface area contributed by atoms with Crippen LogP contribution in [0.1, 0.15) is 12.0 Å². The molecule has 0 saturated carbocycles. The Hall–Kier alpha value is -0.900. The van der Waals surface area contributed by atoms with Crippen LogP contribution in [0.2, 0.25) is 0 Å². The number of phenols is 1. The van der Waals surface area contributed by atoms with Gasteiger partial charge < -0.3 is 9.90 Å². The summed E-state index contributed by atoms with van der Waals surface area (Å²) in [7, 11) is 0. The van der Waals surface area contributed by atoms with Gasteiger partial charge in [0, 0.05) is 12.0 Å². The van der Waals surface area contributed by atoms with Crippen molar-refractivity contribution in [1.29, 1.82) is 0 Å². The zero-order valence-corrected chi connectivity index (χ0v) is 8.34. The largest absolute Gasteiger partial charge is 0.508 e. The van der Waals surface area contributed by atoms with Crippen molar-refractivity contribution in [3.05, 3.63) is 28.0 Å². The molecule has 70 valence electrons. The number of aromatic hydroxyl groups is 1. The predicted molar refractivity (Wildman–Crippen MR) is 50.1 cm³/mol. The maximum absolute atomic E-state index is 13.3. The van der Waals surface area contributed by atoms with Crippen molar-refractivity contribution in [1.82, 2.24) is 0 Å². The quantitative estimate of drug-likeness (QED) is 0.833. The van der Waals surface area contributed by atoms with Crippen molar-refractivity contribution < 1.29 is 14.3 Å². The van der Waals surface area contributed by atoms with E-state index in [4.69, 9.17) is 0 Å². The third-order valence-corrected chi connectivity index (χ3v) is 2.30. The van der Waals surface area contributed by atoms with E-state index in [2.05, 4.69) is 15.9 Å². The van der Waals surface area contributed by atoms with E-state index in [1.54, 1.807) is 0 Å². The number of aldehydes is 1. The van der Waals surface area contributed by atoms with Crippen molar-refractivity contribution in [2.45, 2.75) is 12.8 Å². The molecular formula is C9H8BrFO2. The van der Waals surface area contributed by atoms with Crippen molar-refractivity contribution >= 4 is 22.2 Å². The number of halogens is 2. The first-order chi connectivity index (χ1) is 6.16. The van der Waals surface area contributed by atoms with Crippen LogP contribution in [0.3, 0.4) is 0 Å². The summed E-state index contributed by atoms with van der Waals surface area (Å²) in [5.41, 5.74) is 0.182. The highest BCUT2D eigenvalue weighted by Crippen LogP contribution is 2.27. The fourth-order valence-electron chi connectivity index (χ4n) is 1.02. The molecule has 0 bridgehead atoms. The molecule has 13 heavy (non-hydrogen) atoms. The van der Waals surface area contributed by atoms with Crippen molar-refractivity contribution in [2.24, 2.45) is 0 Å². The second-order valence-electron chi connectivity index (χ2n) is 2.56. The molecule has 0 unspecified atom stereocenters. The second-order valence-corrected chi connectivity index (χ2v) is 3.42. The van der Waals surface area contributed by atoms with Gasteiger partial charge in [-0.25, -0.2) is 4.39 Å². The molecule has 0 aromatic heterocycles. The summed E-state index contributed by atoms with van der Waals surface area (Å²) in [5.74, 6) is -0.607. The Labute approximate surface area is 83.5 Å². The van der Waals surface area contributed by atoms with Crippen LogP contribution in [-0.2, 0) is 11.2 Å². The second kappa shape index (κ2) is 4.37. The summed E-state index contributed by atoms with van der Waals surface area (Å²) in [5, 5.41) is 9.27. The van der Waals surface area contributed by atoms with Crippen molar-refractivity contribution in [3.8, 4) is 5.75 Å².